The van der Waals surface area contributed by atoms with Gasteiger partial charge >= 0.3 is 0 Å². The van der Waals surface area contributed by atoms with E-state index in [4.69, 9.17) is 23.2 Å². The van der Waals surface area contributed by atoms with Crippen molar-refractivity contribution in [1.29, 1.82) is 0 Å². The van der Waals surface area contributed by atoms with Crippen LogP contribution < -0.4 is 0 Å². The molecule has 0 radical (unpaired) electrons. The summed E-state index contributed by atoms with van der Waals surface area (Å²) in [4.78, 5) is 4.23. The Morgan fingerprint density at radius 2 is 1.84 bits per heavy atom. The van der Waals surface area contributed by atoms with Gasteiger partial charge in [-0.1, -0.05) is 29.3 Å². The number of benzene rings is 1. The zero-order valence-electron chi connectivity index (χ0n) is 10.4. The van der Waals surface area contributed by atoms with Gasteiger partial charge in [0.05, 0.1) is 0 Å². The van der Waals surface area contributed by atoms with Gasteiger partial charge in [0.1, 0.15) is 11.0 Å². The molecule has 19 heavy (non-hydrogen) atoms. The second kappa shape index (κ2) is 4.47. The van der Waals surface area contributed by atoms with Crippen LogP contribution in [0.1, 0.15) is 11.4 Å². The number of aryl methyl sites for hydroxylation is 2. The number of halogens is 2. The Morgan fingerprint density at radius 3 is 2.63 bits per heavy atom. The lowest BCUT2D eigenvalue weighted by atomic mass is 10.1. The highest BCUT2D eigenvalue weighted by Gasteiger charge is 2.13. The van der Waals surface area contributed by atoms with E-state index in [1.807, 2.05) is 36.4 Å². The van der Waals surface area contributed by atoms with Gasteiger partial charge in [-0.2, -0.15) is 0 Å². The van der Waals surface area contributed by atoms with Gasteiger partial charge in [-0.3, -0.25) is 4.40 Å². The molecular formula is C13H10Cl2N4. The molecule has 1 aromatic carbocycles. The fraction of sp³-hybridized carbons (Fsp3) is 0.154. The lowest BCUT2D eigenvalue weighted by Gasteiger charge is -2.06. The zero-order valence-corrected chi connectivity index (χ0v) is 11.9. The Morgan fingerprint density at radius 1 is 1.05 bits per heavy atom. The molecule has 0 saturated carbocycles. The molecule has 2 heterocycles. The summed E-state index contributed by atoms with van der Waals surface area (Å²) in [5, 5.41) is 9.43. The van der Waals surface area contributed by atoms with Gasteiger partial charge in [0.2, 0.25) is 0 Å². The topological polar surface area (TPSA) is 43.1 Å². The Bertz CT molecular complexity index is 780. The standard InChI is InChI=1S/C13H10Cl2N4/c1-7-3-4-9(14)5-10(7)13-18-17-12-6-11(15)16-8(2)19(12)13/h3-6H,1-2H3. The van der Waals surface area contributed by atoms with Crippen molar-refractivity contribution in [3.63, 3.8) is 0 Å². The second-order valence-electron chi connectivity index (χ2n) is 4.30. The van der Waals surface area contributed by atoms with Crippen LogP contribution in [-0.4, -0.2) is 19.6 Å². The molecule has 0 aliphatic heterocycles. The number of nitrogens with zero attached hydrogens (tertiary/aromatic N) is 4. The Balaban J connectivity index is 2.34. The molecule has 2 aromatic heterocycles. The van der Waals surface area contributed by atoms with Crippen molar-refractivity contribution < 1.29 is 0 Å². The maximum atomic E-state index is 6.06. The highest BCUT2D eigenvalue weighted by molar-refractivity contribution is 6.31. The third kappa shape index (κ3) is 2.07. The highest BCUT2D eigenvalue weighted by Crippen LogP contribution is 2.26. The lowest BCUT2D eigenvalue weighted by Crippen LogP contribution is -1.99. The molecule has 0 saturated heterocycles. The van der Waals surface area contributed by atoms with Crippen molar-refractivity contribution in [2.24, 2.45) is 0 Å². The summed E-state index contributed by atoms with van der Waals surface area (Å²) in [6, 6.07) is 7.37. The molecule has 0 amide bonds. The van der Waals surface area contributed by atoms with E-state index in [1.54, 1.807) is 6.07 Å². The predicted octanol–water partition coefficient (Wildman–Crippen LogP) is 3.71. The van der Waals surface area contributed by atoms with Crippen LogP contribution in [0.2, 0.25) is 10.2 Å². The van der Waals surface area contributed by atoms with Gasteiger partial charge in [-0.05, 0) is 31.5 Å². The van der Waals surface area contributed by atoms with Crippen LogP contribution in [0, 0.1) is 13.8 Å². The second-order valence-corrected chi connectivity index (χ2v) is 5.13. The molecule has 0 aliphatic rings. The summed E-state index contributed by atoms with van der Waals surface area (Å²) < 4.78 is 1.87. The lowest BCUT2D eigenvalue weighted by molar-refractivity contribution is 0.987. The molecule has 0 fully saturated rings. The van der Waals surface area contributed by atoms with E-state index in [9.17, 15) is 0 Å². The first-order valence-electron chi connectivity index (χ1n) is 5.71. The molecule has 0 atom stereocenters. The summed E-state index contributed by atoms with van der Waals surface area (Å²) in [5.74, 6) is 1.46. The number of rotatable bonds is 1. The van der Waals surface area contributed by atoms with Gasteiger partial charge in [0.15, 0.2) is 11.5 Å². The Labute approximate surface area is 120 Å². The fourth-order valence-corrected chi connectivity index (χ4v) is 2.45. The van der Waals surface area contributed by atoms with E-state index in [2.05, 4.69) is 15.2 Å². The van der Waals surface area contributed by atoms with Gasteiger partial charge in [-0.25, -0.2) is 4.98 Å². The minimum Gasteiger partial charge on any atom is -0.263 e. The fourth-order valence-electron chi connectivity index (χ4n) is 2.06. The van der Waals surface area contributed by atoms with Crippen molar-refractivity contribution in [2.45, 2.75) is 13.8 Å². The Kier molecular flexibility index (Phi) is 2.92. The van der Waals surface area contributed by atoms with Gasteiger partial charge in [0, 0.05) is 16.7 Å². The van der Waals surface area contributed by atoms with E-state index >= 15 is 0 Å². The highest BCUT2D eigenvalue weighted by atomic mass is 35.5. The molecular weight excluding hydrogens is 283 g/mol. The summed E-state index contributed by atoms with van der Waals surface area (Å²) in [5.41, 5.74) is 2.69. The smallest absolute Gasteiger partial charge is 0.170 e. The van der Waals surface area contributed by atoms with Crippen molar-refractivity contribution in [3.8, 4) is 11.4 Å². The molecule has 6 heteroatoms. The molecule has 0 spiro atoms. The van der Waals surface area contributed by atoms with Crippen molar-refractivity contribution in [2.75, 3.05) is 0 Å². The van der Waals surface area contributed by atoms with Crippen LogP contribution in [0.5, 0.6) is 0 Å². The van der Waals surface area contributed by atoms with Crippen LogP contribution in [0.3, 0.4) is 0 Å². The van der Waals surface area contributed by atoms with Gasteiger partial charge in [-0.15, -0.1) is 10.2 Å². The van der Waals surface area contributed by atoms with Gasteiger partial charge in [0.25, 0.3) is 0 Å². The summed E-state index contributed by atoms with van der Waals surface area (Å²) >= 11 is 12.0. The summed E-state index contributed by atoms with van der Waals surface area (Å²) in [6.07, 6.45) is 0. The van der Waals surface area contributed by atoms with Gasteiger partial charge < -0.3 is 0 Å². The van der Waals surface area contributed by atoms with Crippen LogP contribution in [0.25, 0.3) is 17.0 Å². The number of aromatic nitrogens is 4. The van der Waals surface area contributed by atoms with Crippen LogP contribution in [0.4, 0.5) is 0 Å². The largest absolute Gasteiger partial charge is 0.263 e. The molecule has 3 rings (SSSR count). The normalized spacial score (nSPS) is 11.2. The van der Waals surface area contributed by atoms with Crippen molar-refractivity contribution in [1.82, 2.24) is 19.6 Å². The van der Waals surface area contributed by atoms with Crippen LogP contribution in [-0.2, 0) is 0 Å². The zero-order chi connectivity index (χ0) is 13.6. The molecule has 3 aromatic rings. The third-order valence-electron chi connectivity index (χ3n) is 2.97. The minimum atomic E-state index is 0.409. The number of fused-ring (bicyclic) bond motifs is 1. The predicted molar refractivity (Wildman–Crippen MR) is 75.7 cm³/mol. The summed E-state index contributed by atoms with van der Waals surface area (Å²) in [6.45, 7) is 3.87. The molecule has 0 bridgehead atoms. The molecule has 0 N–H and O–H groups in total. The third-order valence-corrected chi connectivity index (χ3v) is 3.40. The quantitative estimate of drug-likeness (QED) is 0.642. The summed E-state index contributed by atoms with van der Waals surface area (Å²) in [7, 11) is 0. The minimum absolute atomic E-state index is 0.409. The molecule has 4 nitrogen and oxygen atoms in total. The SMILES string of the molecule is Cc1ccc(Cl)cc1-c1nnc2cc(Cl)nc(C)n12. The van der Waals surface area contributed by atoms with Crippen LogP contribution in [0.15, 0.2) is 24.3 Å². The first-order valence-corrected chi connectivity index (χ1v) is 6.46. The first kappa shape index (κ1) is 12.4. The average Bonchev–Trinajstić information content (AvgIpc) is 2.76. The van der Waals surface area contributed by atoms with E-state index in [1.165, 1.54) is 0 Å². The average molecular weight is 293 g/mol. The van der Waals surface area contributed by atoms with E-state index in [-0.39, 0.29) is 0 Å². The monoisotopic (exact) mass is 292 g/mol. The number of hydrogen-bond acceptors (Lipinski definition) is 3. The van der Waals surface area contributed by atoms with E-state index in [0.29, 0.717) is 15.8 Å². The molecule has 0 unspecified atom stereocenters. The van der Waals surface area contributed by atoms with Crippen molar-refractivity contribution >= 4 is 28.8 Å². The maximum Gasteiger partial charge on any atom is 0.170 e. The molecule has 96 valence electrons. The van der Waals surface area contributed by atoms with E-state index in [0.717, 1.165) is 22.8 Å². The first-order chi connectivity index (χ1) is 9.06. The molecule has 0 aliphatic carbocycles. The van der Waals surface area contributed by atoms with E-state index < -0.39 is 0 Å². The Hall–Kier alpha value is -1.65. The maximum absolute atomic E-state index is 6.06. The van der Waals surface area contributed by atoms with Crippen LogP contribution >= 0.6 is 23.2 Å². The van der Waals surface area contributed by atoms with Crippen molar-refractivity contribution in [3.05, 3.63) is 45.8 Å². The number of hydrogen-bond donors (Lipinski definition) is 0.